The van der Waals surface area contributed by atoms with Crippen LogP contribution in [0.3, 0.4) is 0 Å². The van der Waals surface area contributed by atoms with Crippen LogP contribution in [0.4, 0.5) is 17.1 Å². The molecule has 0 aliphatic rings. The lowest BCUT2D eigenvalue weighted by Gasteiger charge is -2.28. The zero-order valence-electron chi connectivity index (χ0n) is 35.0. The summed E-state index contributed by atoms with van der Waals surface area (Å²) >= 11 is 0. The van der Waals surface area contributed by atoms with Crippen molar-refractivity contribution in [3.8, 4) is 55.6 Å². The standard InChI is InChI=1S/C62H41NO/c1-2-12-50-40-51(29-26-42(50)10-1)47-22-20-43(21-23-47)45-30-35-53(36-31-45)63(60-18-7-5-15-57(60)52-34-39-62-59(41-52)58-16-6-8-19-61(58)64-62)54-37-32-46(33-38-54)44-24-27-49(28-25-44)56-17-9-13-48-11-3-4-14-55(48)56/h1-41H. The van der Waals surface area contributed by atoms with Gasteiger partial charge >= 0.3 is 0 Å². The molecule has 0 atom stereocenters. The van der Waals surface area contributed by atoms with Crippen molar-refractivity contribution in [3.63, 3.8) is 0 Å². The lowest BCUT2D eigenvalue weighted by molar-refractivity contribution is 0.669. The molecule has 12 aromatic rings. The van der Waals surface area contributed by atoms with Gasteiger partial charge in [-0.1, -0.05) is 194 Å². The maximum atomic E-state index is 6.23. The zero-order chi connectivity index (χ0) is 42.4. The van der Waals surface area contributed by atoms with Crippen LogP contribution in [-0.4, -0.2) is 0 Å². The molecule has 2 heteroatoms. The summed E-state index contributed by atoms with van der Waals surface area (Å²) in [5.74, 6) is 0. The Bertz CT molecular complexity index is 3630. The van der Waals surface area contributed by atoms with Gasteiger partial charge in [-0.15, -0.1) is 0 Å². The highest BCUT2D eigenvalue weighted by atomic mass is 16.3. The second-order valence-electron chi connectivity index (χ2n) is 16.5. The summed E-state index contributed by atoms with van der Waals surface area (Å²) < 4.78 is 6.23. The van der Waals surface area contributed by atoms with Gasteiger partial charge in [0.25, 0.3) is 0 Å². The van der Waals surface area contributed by atoms with Gasteiger partial charge in [0.15, 0.2) is 0 Å². The van der Waals surface area contributed by atoms with Crippen LogP contribution in [0.25, 0.3) is 99.1 Å². The smallest absolute Gasteiger partial charge is 0.135 e. The highest BCUT2D eigenvalue weighted by Gasteiger charge is 2.19. The molecule has 2 nitrogen and oxygen atoms in total. The van der Waals surface area contributed by atoms with Crippen molar-refractivity contribution >= 4 is 60.5 Å². The molecule has 1 heterocycles. The van der Waals surface area contributed by atoms with E-state index in [4.69, 9.17) is 4.42 Å². The van der Waals surface area contributed by atoms with Gasteiger partial charge in [-0.2, -0.15) is 0 Å². The van der Waals surface area contributed by atoms with Crippen LogP contribution in [0.5, 0.6) is 0 Å². The van der Waals surface area contributed by atoms with Gasteiger partial charge in [0.1, 0.15) is 11.2 Å². The molecule has 64 heavy (non-hydrogen) atoms. The van der Waals surface area contributed by atoms with E-state index in [9.17, 15) is 0 Å². The average Bonchev–Trinajstić information content (AvgIpc) is 3.75. The van der Waals surface area contributed by atoms with Gasteiger partial charge in [0.2, 0.25) is 0 Å². The minimum absolute atomic E-state index is 0.890. The van der Waals surface area contributed by atoms with Crippen molar-refractivity contribution in [2.75, 3.05) is 4.90 Å². The lowest BCUT2D eigenvalue weighted by atomic mass is 9.96. The van der Waals surface area contributed by atoms with E-state index in [1.165, 1.54) is 66.1 Å². The lowest BCUT2D eigenvalue weighted by Crippen LogP contribution is -2.11. The molecule has 0 bridgehead atoms. The summed E-state index contributed by atoms with van der Waals surface area (Å²) in [5, 5.41) is 7.26. The fraction of sp³-hybridized carbons (Fsp3) is 0. The Hall–Kier alpha value is -8.46. The number of rotatable bonds is 8. The zero-order valence-corrected chi connectivity index (χ0v) is 35.0. The van der Waals surface area contributed by atoms with E-state index < -0.39 is 0 Å². The molecule has 0 radical (unpaired) electrons. The third-order valence-electron chi connectivity index (χ3n) is 12.7. The average molecular weight is 816 g/mol. The number of fused-ring (bicyclic) bond motifs is 5. The number of benzene rings is 11. The van der Waals surface area contributed by atoms with Gasteiger partial charge in [0.05, 0.1) is 5.69 Å². The van der Waals surface area contributed by atoms with Gasteiger partial charge in [-0.3, -0.25) is 0 Å². The fourth-order valence-corrected chi connectivity index (χ4v) is 9.38. The Morgan fingerprint density at radius 1 is 0.250 bits per heavy atom. The Labute approximate surface area is 372 Å². The summed E-state index contributed by atoms with van der Waals surface area (Å²) in [6, 6.07) is 89.7. The number of hydrogen-bond acceptors (Lipinski definition) is 2. The van der Waals surface area contributed by atoms with Crippen LogP contribution in [-0.2, 0) is 0 Å². The van der Waals surface area contributed by atoms with Gasteiger partial charge in [-0.25, -0.2) is 0 Å². The van der Waals surface area contributed by atoms with Crippen molar-refractivity contribution in [3.05, 3.63) is 249 Å². The Morgan fingerprint density at radius 2 is 0.719 bits per heavy atom. The molecular formula is C62H41NO. The third-order valence-corrected chi connectivity index (χ3v) is 12.7. The summed E-state index contributed by atoms with van der Waals surface area (Å²) in [6.45, 7) is 0. The van der Waals surface area contributed by atoms with E-state index in [1.807, 2.05) is 12.1 Å². The second kappa shape index (κ2) is 15.8. The topological polar surface area (TPSA) is 16.4 Å². The van der Waals surface area contributed by atoms with Gasteiger partial charge in [-0.05, 0) is 126 Å². The maximum absolute atomic E-state index is 6.23. The van der Waals surface area contributed by atoms with Crippen LogP contribution in [0, 0.1) is 0 Å². The molecule has 0 spiro atoms. The molecular weight excluding hydrogens is 775 g/mol. The number of nitrogens with zero attached hydrogens (tertiary/aromatic N) is 1. The molecule has 11 aromatic carbocycles. The summed E-state index contributed by atoms with van der Waals surface area (Å²) in [5.41, 5.74) is 16.9. The van der Waals surface area contributed by atoms with E-state index in [0.717, 1.165) is 50.1 Å². The Kier molecular flexibility index (Phi) is 9.20. The van der Waals surface area contributed by atoms with Crippen LogP contribution in [0.2, 0.25) is 0 Å². The Balaban J connectivity index is 0.907. The van der Waals surface area contributed by atoms with Crippen molar-refractivity contribution in [2.45, 2.75) is 0 Å². The highest BCUT2D eigenvalue weighted by Crippen LogP contribution is 2.43. The molecule has 0 saturated heterocycles. The molecule has 0 saturated carbocycles. The first-order chi connectivity index (χ1) is 31.7. The molecule has 0 aliphatic heterocycles. The molecule has 0 fully saturated rings. The van der Waals surface area contributed by atoms with Crippen LogP contribution in [0.15, 0.2) is 253 Å². The summed E-state index contributed by atoms with van der Waals surface area (Å²) in [6.07, 6.45) is 0. The van der Waals surface area contributed by atoms with Gasteiger partial charge < -0.3 is 9.32 Å². The molecule has 0 aliphatic carbocycles. The van der Waals surface area contributed by atoms with Crippen LogP contribution < -0.4 is 4.90 Å². The van der Waals surface area contributed by atoms with E-state index in [-0.39, 0.29) is 0 Å². The first-order valence-electron chi connectivity index (χ1n) is 21.9. The second-order valence-corrected chi connectivity index (χ2v) is 16.5. The fourth-order valence-electron chi connectivity index (χ4n) is 9.38. The quantitative estimate of drug-likeness (QED) is 0.152. The molecule has 0 amide bonds. The molecule has 0 unspecified atom stereocenters. The number of anilines is 3. The Morgan fingerprint density at radius 3 is 1.42 bits per heavy atom. The van der Waals surface area contributed by atoms with E-state index in [2.05, 4.69) is 241 Å². The summed E-state index contributed by atoms with van der Waals surface area (Å²) in [4.78, 5) is 2.38. The summed E-state index contributed by atoms with van der Waals surface area (Å²) in [7, 11) is 0. The normalized spacial score (nSPS) is 11.4. The van der Waals surface area contributed by atoms with E-state index in [1.54, 1.807) is 0 Å². The predicted octanol–water partition coefficient (Wildman–Crippen LogP) is 17.7. The molecule has 0 N–H and O–H groups in total. The van der Waals surface area contributed by atoms with Crippen molar-refractivity contribution in [2.24, 2.45) is 0 Å². The molecule has 1 aromatic heterocycles. The maximum Gasteiger partial charge on any atom is 0.135 e. The monoisotopic (exact) mass is 815 g/mol. The minimum Gasteiger partial charge on any atom is -0.456 e. The van der Waals surface area contributed by atoms with Crippen molar-refractivity contribution in [1.29, 1.82) is 0 Å². The van der Waals surface area contributed by atoms with Gasteiger partial charge in [0, 0.05) is 27.7 Å². The van der Waals surface area contributed by atoms with E-state index >= 15 is 0 Å². The van der Waals surface area contributed by atoms with Crippen LogP contribution in [0.1, 0.15) is 0 Å². The molecule has 300 valence electrons. The minimum atomic E-state index is 0.890. The van der Waals surface area contributed by atoms with E-state index in [0.29, 0.717) is 0 Å². The first kappa shape index (κ1) is 37.3. The van der Waals surface area contributed by atoms with Crippen molar-refractivity contribution in [1.82, 2.24) is 0 Å². The first-order valence-corrected chi connectivity index (χ1v) is 21.9. The number of hydrogen-bond donors (Lipinski definition) is 0. The third kappa shape index (κ3) is 6.79. The largest absolute Gasteiger partial charge is 0.456 e. The van der Waals surface area contributed by atoms with Crippen molar-refractivity contribution < 1.29 is 4.42 Å². The number of furan rings is 1. The predicted molar refractivity (Wildman–Crippen MR) is 271 cm³/mol. The highest BCUT2D eigenvalue weighted by molar-refractivity contribution is 6.07. The SMILES string of the molecule is c1ccc(N(c2ccc(-c3ccc(-c4ccc5ccccc5c4)cc3)cc2)c2ccc(-c3ccc(-c4cccc5ccccc45)cc3)cc2)c(-c2ccc3oc4ccccc4c3c2)c1. The number of para-hydroxylation sites is 2. The molecule has 12 rings (SSSR count). The van der Waals surface area contributed by atoms with Crippen LogP contribution >= 0.6 is 0 Å².